The summed E-state index contributed by atoms with van der Waals surface area (Å²) in [6, 6.07) is 24.6. The van der Waals surface area contributed by atoms with Gasteiger partial charge in [0.1, 0.15) is 24.1 Å². The molecule has 49 heavy (non-hydrogen) atoms. The van der Waals surface area contributed by atoms with Crippen LogP contribution in [0.3, 0.4) is 0 Å². The van der Waals surface area contributed by atoms with Crippen molar-refractivity contribution < 1.29 is 23.7 Å². The Kier molecular flexibility index (Phi) is 9.87. The second kappa shape index (κ2) is 14.4. The molecule has 1 aromatic heterocycles. The Balaban J connectivity index is 1.42. The number of amides is 1. The normalized spacial score (nSPS) is 14.3. The molecule has 0 bridgehead atoms. The highest BCUT2D eigenvalue weighted by molar-refractivity contribution is 7.07. The van der Waals surface area contributed by atoms with Gasteiger partial charge in [0, 0.05) is 18.7 Å². The number of hydrogen-bond donors (Lipinski definition) is 0. The maximum atomic E-state index is 14.3. The summed E-state index contributed by atoms with van der Waals surface area (Å²) in [6.45, 7) is 7.08. The second-order valence-corrected chi connectivity index (χ2v) is 12.5. The molecule has 4 aromatic carbocycles. The minimum absolute atomic E-state index is 0.181. The Morgan fingerprint density at radius 2 is 1.63 bits per heavy atom. The summed E-state index contributed by atoms with van der Waals surface area (Å²) in [4.78, 5) is 35.4. The molecule has 0 radical (unpaired) electrons. The summed E-state index contributed by atoms with van der Waals surface area (Å²) in [6.07, 6.45) is 1.81. The molecule has 1 aliphatic rings. The number of methoxy groups -OCH3 is 3. The van der Waals surface area contributed by atoms with Crippen molar-refractivity contribution in [1.82, 2.24) is 9.47 Å². The zero-order valence-corrected chi connectivity index (χ0v) is 29.3. The highest BCUT2D eigenvalue weighted by Crippen LogP contribution is 2.38. The summed E-state index contributed by atoms with van der Waals surface area (Å²) in [7, 11) is 4.74. The first-order chi connectivity index (χ1) is 23.8. The summed E-state index contributed by atoms with van der Waals surface area (Å²) in [5.41, 5.74) is 3.16. The number of carbonyl (C=O) groups is 1. The molecular formula is C39H39N3O6S. The summed E-state index contributed by atoms with van der Waals surface area (Å²) in [5.74, 6) is 2.07. The third kappa shape index (κ3) is 6.44. The monoisotopic (exact) mass is 677 g/mol. The fraction of sp³-hybridized carbons (Fsp3) is 0.256. The van der Waals surface area contributed by atoms with E-state index in [1.165, 1.54) is 11.3 Å². The number of aromatic nitrogens is 1. The van der Waals surface area contributed by atoms with Crippen molar-refractivity contribution in [2.24, 2.45) is 4.99 Å². The first kappa shape index (κ1) is 33.5. The average Bonchev–Trinajstić information content (AvgIpc) is 3.43. The van der Waals surface area contributed by atoms with Crippen molar-refractivity contribution in [2.45, 2.75) is 33.4 Å². The minimum atomic E-state index is -0.782. The molecule has 2 heterocycles. The molecule has 0 spiro atoms. The molecule has 0 fully saturated rings. The standard InChI is InChI=1S/C39H39N3O6S/c1-7-41(8-2)38(44)35-24(3)40-39-42(36(35)30-22-28(45-4)17-19-31(30)46-5)37(43)34(49-39)21-25-16-18-32(33(20-25)47-6)48-23-27-14-11-13-26-12-9-10-15-29(26)27/h9-22,36H,7-8,23H2,1-6H3/b34-21+/t36-/m0/s1. The number of hydrogen-bond acceptors (Lipinski definition) is 8. The lowest BCUT2D eigenvalue weighted by molar-refractivity contribution is -0.127. The third-order valence-corrected chi connectivity index (χ3v) is 9.77. The molecule has 0 saturated heterocycles. The lowest BCUT2D eigenvalue weighted by Crippen LogP contribution is -2.43. The van der Waals surface area contributed by atoms with E-state index in [4.69, 9.17) is 23.9 Å². The number of ether oxygens (including phenoxy) is 4. The molecule has 1 atom stereocenters. The summed E-state index contributed by atoms with van der Waals surface area (Å²) >= 11 is 1.27. The second-order valence-electron chi connectivity index (χ2n) is 11.5. The van der Waals surface area contributed by atoms with E-state index in [2.05, 4.69) is 24.3 Å². The zero-order valence-electron chi connectivity index (χ0n) is 28.5. The van der Waals surface area contributed by atoms with Crippen molar-refractivity contribution in [1.29, 1.82) is 0 Å². The van der Waals surface area contributed by atoms with Gasteiger partial charge in [-0.2, -0.15) is 0 Å². The number of nitrogens with zero attached hydrogens (tertiary/aromatic N) is 3. The molecule has 5 aromatic rings. The van der Waals surface area contributed by atoms with E-state index in [1.807, 2.05) is 69.3 Å². The van der Waals surface area contributed by atoms with Crippen LogP contribution >= 0.6 is 11.3 Å². The van der Waals surface area contributed by atoms with Crippen LogP contribution in [0.25, 0.3) is 16.8 Å². The Bertz CT molecular complexity index is 2240. The van der Waals surface area contributed by atoms with Crippen LogP contribution in [0.1, 0.15) is 43.5 Å². The number of allylic oxidation sites excluding steroid dienone is 1. The van der Waals surface area contributed by atoms with Gasteiger partial charge in [-0.15, -0.1) is 0 Å². The van der Waals surface area contributed by atoms with Gasteiger partial charge < -0.3 is 23.8 Å². The van der Waals surface area contributed by atoms with E-state index in [1.54, 1.807) is 42.9 Å². The molecular weight excluding hydrogens is 639 g/mol. The predicted molar refractivity (Wildman–Crippen MR) is 193 cm³/mol. The lowest BCUT2D eigenvalue weighted by atomic mass is 9.93. The number of carbonyl (C=O) groups excluding carboxylic acids is 1. The number of benzene rings is 4. The van der Waals surface area contributed by atoms with Crippen LogP contribution in [0.4, 0.5) is 0 Å². The van der Waals surface area contributed by atoms with E-state index in [0.717, 1.165) is 21.9 Å². The fourth-order valence-corrected chi connectivity index (χ4v) is 7.29. The van der Waals surface area contributed by atoms with Crippen LogP contribution in [0.5, 0.6) is 23.0 Å². The van der Waals surface area contributed by atoms with E-state index >= 15 is 0 Å². The first-order valence-electron chi connectivity index (χ1n) is 16.1. The Morgan fingerprint density at radius 3 is 2.37 bits per heavy atom. The van der Waals surface area contributed by atoms with E-state index in [9.17, 15) is 9.59 Å². The molecule has 0 N–H and O–H groups in total. The van der Waals surface area contributed by atoms with Gasteiger partial charge in [-0.1, -0.05) is 59.9 Å². The van der Waals surface area contributed by atoms with E-state index in [0.29, 0.717) is 68.9 Å². The van der Waals surface area contributed by atoms with Crippen LogP contribution in [-0.2, 0) is 11.4 Å². The zero-order chi connectivity index (χ0) is 34.7. The highest BCUT2D eigenvalue weighted by Gasteiger charge is 2.36. The predicted octanol–water partition coefficient (Wildman–Crippen LogP) is 5.86. The van der Waals surface area contributed by atoms with E-state index in [-0.39, 0.29) is 11.5 Å². The Hall–Kier alpha value is -5.35. The van der Waals surface area contributed by atoms with Gasteiger partial charge in [0.2, 0.25) is 0 Å². The molecule has 0 saturated carbocycles. The molecule has 0 aliphatic carbocycles. The van der Waals surface area contributed by atoms with Gasteiger partial charge in [-0.3, -0.25) is 14.2 Å². The average molecular weight is 678 g/mol. The first-order valence-corrected chi connectivity index (χ1v) is 16.9. The lowest BCUT2D eigenvalue weighted by Gasteiger charge is -2.30. The molecule has 9 nitrogen and oxygen atoms in total. The van der Waals surface area contributed by atoms with Gasteiger partial charge in [0.05, 0.1) is 37.1 Å². The van der Waals surface area contributed by atoms with Gasteiger partial charge in [0.25, 0.3) is 11.5 Å². The maximum absolute atomic E-state index is 14.3. The minimum Gasteiger partial charge on any atom is -0.497 e. The maximum Gasteiger partial charge on any atom is 0.271 e. The molecule has 0 unspecified atom stereocenters. The van der Waals surface area contributed by atoms with Crippen LogP contribution < -0.4 is 33.8 Å². The van der Waals surface area contributed by atoms with Crippen molar-refractivity contribution in [3.05, 3.63) is 127 Å². The molecule has 6 rings (SSSR count). The van der Waals surface area contributed by atoms with Crippen LogP contribution in [0, 0.1) is 0 Å². The quantitative estimate of drug-likeness (QED) is 0.174. The van der Waals surface area contributed by atoms with Crippen molar-refractivity contribution in [3.8, 4) is 23.0 Å². The van der Waals surface area contributed by atoms with Crippen molar-refractivity contribution in [2.75, 3.05) is 34.4 Å². The van der Waals surface area contributed by atoms with Gasteiger partial charge >= 0.3 is 0 Å². The SMILES string of the molecule is CCN(CC)C(=O)C1=C(C)N=c2s/c(=C/c3ccc(OCc4cccc5ccccc45)c(OC)c3)c(=O)n2[C@H]1c1cc(OC)ccc1OC. The number of thiazole rings is 1. The number of rotatable bonds is 11. The smallest absolute Gasteiger partial charge is 0.271 e. The van der Waals surface area contributed by atoms with Crippen molar-refractivity contribution >= 4 is 34.1 Å². The van der Waals surface area contributed by atoms with Crippen LogP contribution in [-0.4, -0.2) is 49.8 Å². The topological polar surface area (TPSA) is 91.6 Å². The van der Waals surface area contributed by atoms with Crippen molar-refractivity contribution in [3.63, 3.8) is 0 Å². The van der Waals surface area contributed by atoms with Crippen LogP contribution in [0.15, 0.2) is 99.9 Å². The Labute approximate surface area is 289 Å². The molecule has 1 amide bonds. The fourth-order valence-electron chi connectivity index (χ4n) is 6.24. The summed E-state index contributed by atoms with van der Waals surface area (Å²) in [5, 5.41) is 2.29. The van der Waals surface area contributed by atoms with Crippen LogP contribution in [0.2, 0.25) is 0 Å². The Morgan fingerprint density at radius 1 is 0.898 bits per heavy atom. The summed E-state index contributed by atoms with van der Waals surface area (Å²) < 4.78 is 25.3. The third-order valence-electron chi connectivity index (χ3n) is 8.78. The van der Waals surface area contributed by atoms with Gasteiger partial charge in [-0.25, -0.2) is 4.99 Å². The molecule has 252 valence electrons. The number of likely N-dealkylation sites (N-methyl/N-ethyl adjacent to an activating group) is 1. The molecule has 10 heteroatoms. The van der Waals surface area contributed by atoms with Gasteiger partial charge in [-0.05, 0) is 79.1 Å². The molecule has 1 aliphatic heterocycles. The number of fused-ring (bicyclic) bond motifs is 2. The van der Waals surface area contributed by atoms with Gasteiger partial charge in [0.15, 0.2) is 16.3 Å². The largest absolute Gasteiger partial charge is 0.497 e. The van der Waals surface area contributed by atoms with E-state index < -0.39 is 6.04 Å². The highest BCUT2D eigenvalue weighted by atomic mass is 32.1.